The predicted molar refractivity (Wildman–Crippen MR) is 96.4 cm³/mol. The number of benzene rings is 1. The molecule has 1 aromatic carbocycles. The van der Waals surface area contributed by atoms with Crippen LogP contribution in [0, 0.1) is 5.92 Å². The molecule has 4 rings (SSSR count). The number of pyridine rings is 1. The van der Waals surface area contributed by atoms with Gasteiger partial charge in [0, 0.05) is 18.3 Å². The monoisotopic (exact) mass is 356 g/mol. The lowest BCUT2D eigenvalue weighted by Crippen LogP contribution is -2.37. The van der Waals surface area contributed by atoms with Gasteiger partial charge < -0.3 is 10.6 Å². The molecule has 0 unspecified atom stereocenters. The van der Waals surface area contributed by atoms with Crippen LogP contribution in [0.4, 0.5) is 5.82 Å². The van der Waals surface area contributed by atoms with Crippen molar-refractivity contribution in [1.82, 2.24) is 25.7 Å². The highest BCUT2D eigenvalue weighted by molar-refractivity contribution is 6.33. The molecule has 0 saturated carbocycles. The third-order valence-corrected chi connectivity index (χ3v) is 4.70. The number of hydrogen-bond donors (Lipinski definition) is 3. The van der Waals surface area contributed by atoms with Crippen molar-refractivity contribution >= 4 is 34.4 Å². The van der Waals surface area contributed by atoms with Gasteiger partial charge in [0.15, 0.2) is 0 Å². The SMILES string of the molecule is O=C(Nc1cc(-c2ccc3n[nH]nc3c2)c(Cl)cn1)[C@@H]1CCCNC1. The fraction of sp³-hybridized carbons (Fsp3) is 0.294. The third kappa shape index (κ3) is 3.33. The zero-order valence-corrected chi connectivity index (χ0v) is 14.2. The van der Waals surface area contributed by atoms with Crippen molar-refractivity contribution in [1.29, 1.82) is 0 Å². The Bertz CT molecular complexity index is 918. The minimum atomic E-state index is -0.0267. The van der Waals surface area contributed by atoms with Gasteiger partial charge in [-0.2, -0.15) is 15.4 Å². The van der Waals surface area contributed by atoms with E-state index in [1.54, 1.807) is 12.3 Å². The number of halogens is 1. The number of carbonyl (C=O) groups is 1. The minimum Gasteiger partial charge on any atom is -0.316 e. The average molecular weight is 357 g/mol. The summed E-state index contributed by atoms with van der Waals surface area (Å²) in [5.41, 5.74) is 3.22. The first-order valence-corrected chi connectivity index (χ1v) is 8.56. The van der Waals surface area contributed by atoms with Crippen molar-refractivity contribution in [2.24, 2.45) is 5.92 Å². The molecule has 1 atom stereocenters. The van der Waals surface area contributed by atoms with Gasteiger partial charge >= 0.3 is 0 Å². The van der Waals surface area contributed by atoms with Crippen LogP contribution >= 0.6 is 11.6 Å². The Hall–Kier alpha value is -2.51. The maximum Gasteiger partial charge on any atom is 0.229 e. The number of aromatic nitrogens is 4. The van der Waals surface area contributed by atoms with E-state index >= 15 is 0 Å². The van der Waals surface area contributed by atoms with E-state index in [0.29, 0.717) is 17.4 Å². The van der Waals surface area contributed by atoms with E-state index < -0.39 is 0 Å². The lowest BCUT2D eigenvalue weighted by atomic mass is 9.99. The van der Waals surface area contributed by atoms with Crippen molar-refractivity contribution in [3.8, 4) is 11.1 Å². The summed E-state index contributed by atoms with van der Waals surface area (Å²) in [5.74, 6) is 0.455. The molecule has 3 heterocycles. The summed E-state index contributed by atoms with van der Waals surface area (Å²) >= 11 is 6.31. The fourth-order valence-electron chi connectivity index (χ4n) is 3.04. The van der Waals surface area contributed by atoms with Crippen molar-refractivity contribution in [3.63, 3.8) is 0 Å². The molecule has 25 heavy (non-hydrogen) atoms. The third-order valence-electron chi connectivity index (χ3n) is 4.40. The highest BCUT2D eigenvalue weighted by Crippen LogP contribution is 2.30. The molecule has 1 fully saturated rings. The zero-order chi connectivity index (χ0) is 17.2. The van der Waals surface area contributed by atoms with E-state index in [1.165, 1.54) is 0 Å². The van der Waals surface area contributed by atoms with Crippen molar-refractivity contribution in [2.75, 3.05) is 18.4 Å². The average Bonchev–Trinajstić information content (AvgIpc) is 3.11. The number of hydrogen-bond acceptors (Lipinski definition) is 5. The van der Waals surface area contributed by atoms with Gasteiger partial charge in [0.25, 0.3) is 0 Å². The topological polar surface area (TPSA) is 95.6 Å². The number of nitrogens with one attached hydrogen (secondary N) is 3. The van der Waals surface area contributed by atoms with Gasteiger partial charge in [0.05, 0.1) is 10.9 Å². The van der Waals surface area contributed by atoms with E-state index in [0.717, 1.165) is 41.5 Å². The van der Waals surface area contributed by atoms with E-state index in [4.69, 9.17) is 11.6 Å². The molecule has 3 N–H and O–H groups in total. The number of aromatic amines is 1. The molecular formula is C17H17ClN6O. The number of amides is 1. The molecule has 0 aliphatic carbocycles. The molecule has 1 aliphatic heterocycles. The lowest BCUT2D eigenvalue weighted by molar-refractivity contribution is -0.120. The van der Waals surface area contributed by atoms with Crippen LogP contribution in [0.1, 0.15) is 12.8 Å². The maximum absolute atomic E-state index is 12.4. The molecule has 1 aliphatic rings. The van der Waals surface area contributed by atoms with E-state index in [2.05, 4.69) is 31.0 Å². The molecule has 3 aromatic rings. The summed E-state index contributed by atoms with van der Waals surface area (Å²) in [5, 5.41) is 17.4. The summed E-state index contributed by atoms with van der Waals surface area (Å²) in [6.45, 7) is 1.67. The van der Waals surface area contributed by atoms with Crippen molar-refractivity contribution in [2.45, 2.75) is 12.8 Å². The Morgan fingerprint density at radius 3 is 2.96 bits per heavy atom. The second kappa shape index (κ2) is 6.78. The largest absolute Gasteiger partial charge is 0.316 e. The summed E-state index contributed by atoms with van der Waals surface area (Å²) in [6, 6.07) is 7.48. The van der Waals surface area contributed by atoms with Gasteiger partial charge in [-0.3, -0.25) is 4.79 Å². The van der Waals surface area contributed by atoms with Crippen LogP contribution in [0.15, 0.2) is 30.5 Å². The van der Waals surface area contributed by atoms with E-state index in [-0.39, 0.29) is 11.8 Å². The zero-order valence-electron chi connectivity index (χ0n) is 13.4. The van der Waals surface area contributed by atoms with E-state index in [1.807, 2.05) is 18.2 Å². The van der Waals surface area contributed by atoms with Crippen LogP contribution < -0.4 is 10.6 Å². The van der Waals surface area contributed by atoms with Crippen molar-refractivity contribution < 1.29 is 4.79 Å². The number of piperidine rings is 1. The van der Waals surface area contributed by atoms with Crippen LogP contribution in [0.2, 0.25) is 5.02 Å². The Labute approximate surface area is 149 Å². The normalized spacial score (nSPS) is 17.6. The van der Waals surface area contributed by atoms with Crippen LogP contribution in [-0.4, -0.2) is 39.4 Å². The number of anilines is 1. The highest BCUT2D eigenvalue weighted by Gasteiger charge is 2.21. The van der Waals surface area contributed by atoms with E-state index in [9.17, 15) is 4.79 Å². The first-order chi connectivity index (χ1) is 12.2. The second-order valence-corrected chi connectivity index (χ2v) is 6.52. The van der Waals surface area contributed by atoms with Crippen LogP contribution in [0.3, 0.4) is 0 Å². The smallest absolute Gasteiger partial charge is 0.229 e. The molecule has 8 heteroatoms. The minimum absolute atomic E-state index is 0.0140. The summed E-state index contributed by atoms with van der Waals surface area (Å²) in [6.07, 6.45) is 3.45. The Kier molecular flexibility index (Phi) is 4.33. The molecular weight excluding hydrogens is 340 g/mol. The standard InChI is InChI=1S/C17H17ClN6O/c18-13-9-20-16(21-17(25)11-2-1-5-19-8-11)7-12(13)10-3-4-14-15(6-10)23-24-22-14/h3-4,6-7,9,11,19H,1-2,5,8H2,(H,20,21,25)(H,22,23,24)/t11-/m1/s1. The summed E-state index contributed by atoms with van der Waals surface area (Å²) < 4.78 is 0. The second-order valence-electron chi connectivity index (χ2n) is 6.11. The lowest BCUT2D eigenvalue weighted by Gasteiger charge is -2.21. The summed E-state index contributed by atoms with van der Waals surface area (Å²) in [4.78, 5) is 16.6. The highest BCUT2D eigenvalue weighted by atomic mass is 35.5. The number of carbonyl (C=O) groups excluding carboxylic acids is 1. The fourth-order valence-corrected chi connectivity index (χ4v) is 3.25. The molecule has 7 nitrogen and oxygen atoms in total. The molecule has 128 valence electrons. The molecule has 1 saturated heterocycles. The Balaban J connectivity index is 1.60. The molecule has 0 radical (unpaired) electrons. The number of fused-ring (bicyclic) bond motifs is 1. The number of rotatable bonds is 3. The summed E-state index contributed by atoms with van der Waals surface area (Å²) in [7, 11) is 0. The van der Waals surface area contributed by atoms with Gasteiger partial charge in [-0.25, -0.2) is 4.98 Å². The number of nitrogens with zero attached hydrogens (tertiary/aromatic N) is 3. The van der Waals surface area contributed by atoms with Crippen LogP contribution in [0.25, 0.3) is 22.2 Å². The van der Waals surface area contributed by atoms with Crippen LogP contribution in [-0.2, 0) is 4.79 Å². The number of H-pyrrole nitrogens is 1. The van der Waals surface area contributed by atoms with Crippen LogP contribution in [0.5, 0.6) is 0 Å². The molecule has 1 amide bonds. The van der Waals surface area contributed by atoms with Gasteiger partial charge in [-0.15, -0.1) is 0 Å². The quantitative estimate of drug-likeness (QED) is 0.670. The van der Waals surface area contributed by atoms with Gasteiger partial charge in [0.2, 0.25) is 5.91 Å². The predicted octanol–water partition coefficient (Wildman–Crippen LogP) is 2.61. The van der Waals surface area contributed by atoms with Crippen molar-refractivity contribution in [3.05, 3.63) is 35.5 Å². The molecule has 2 aromatic heterocycles. The first kappa shape index (κ1) is 16.0. The first-order valence-electron chi connectivity index (χ1n) is 8.19. The maximum atomic E-state index is 12.4. The Morgan fingerprint density at radius 2 is 2.12 bits per heavy atom. The van der Waals surface area contributed by atoms with Gasteiger partial charge in [-0.1, -0.05) is 17.7 Å². The van der Waals surface area contributed by atoms with Gasteiger partial charge in [0.1, 0.15) is 16.9 Å². The van der Waals surface area contributed by atoms with Gasteiger partial charge in [-0.05, 0) is 43.1 Å². The Morgan fingerprint density at radius 1 is 1.24 bits per heavy atom. The molecule has 0 spiro atoms. The molecule has 0 bridgehead atoms.